The zero-order valence-corrected chi connectivity index (χ0v) is 10.6. The maximum atomic E-state index is 11.2. The Morgan fingerprint density at radius 1 is 1.29 bits per heavy atom. The van der Waals surface area contributed by atoms with Crippen LogP contribution in [0, 0.1) is 5.41 Å². The van der Waals surface area contributed by atoms with E-state index in [1.165, 1.54) is 17.6 Å². The van der Waals surface area contributed by atoms with Crippen molar-refractivity contribution in [2.45, 2.75) is 31.4 Å². The Bertz CT molecular complexity index is 408. The van der Waals surface area contributed by atoms with Crippen LogP contribution in [0.1, 0.15) is 25.6 Å². The summed E-state index contributed by atoms with van der Waals surface area (Å²) in [5, 5.41) is 0. The Balaban J connectivity index is 2.90. The second-order valence-electron chi connectivity index (χ2n) is 4.73. The summed E-state index contributed by atoms with van der Waals surface area (Å²) in [7, 11) is -3.02. The van der Waals surface area contributed by atoms with Crippen molar-refractivity contribution in [1.29, 1.82) is 0 Å². The van der Waals surface area contributed by atoms with Gasteiger partial charge < -0.3 is 0 Å². The van der Waals surface area contributed by atoms with Crippen LogP contribution in [-0.2, 0) is 16.3 Å². The summed E-state index contributed by atoms with van der Waals surface area (Å²) in [4.78, 5) is 1.14. The van der Waals surface area contributed by atoms with Crippen LogP contribution < -0.4 is 0 Å². The predicted molar refractivity (Wildman–Crippen MR) is 60.6 cm³/mol. The standard InChI is InChI=1S/C10H16O2S2/c1-10(2,3)7-8-5-6-9(13-8)14(4,11)12/h5-6H,7H2,1-4H3. The van der Waals surface area contributed by atoms with E-state index >= 15 is 0 Å². The van der Waals surface area contributed by atoms with Crippen molar-refractivity contribution >= 4 is 21.2 Å². The topological polar surface area (TPSA) is 34.1 Å². The third kappa shape index (κ3) is 3.42. The summed E-state index contributed by atoms with van der Waals surface area (Å²) in [6.07, 6.45) is 2.17. The number of hydrogen-bond acceptors (Lipinski definition) is 3. The second kappa shape index (κ2) is 3.66. The third-order valence-electron chi connectivity index (χ3n) is 1.71. The van der Waals surface area contributed by atoms with Gasteiger partial charge >= 0.3 is 0 Å². The van der Waals surface area contributed by atoms with Crippen LogP contribution in [0.25, 0.3) is 0 Å². The average molecular weight is 232 g/mol. The van der Waals surface area contributed by atoms with Crippen LogP contribution >= 0.6 is 11.3 Å². The molecule has 1 aromatic heterocycles. The largest absolute Gasteiger partial charge is 0.223 e. The SMILES string of the molecule is CC(C)(C)Cc1ccc(S(C)(=O)=O)s1. The fourth-order valence-electron chi connectivity index (χ4n) is 1.18. The zero-order valence-electron chi connectivity index (χ0n) is 8.99. The minimum Gasteiger partial charge on any atom is -0.223 e. The van der Waals surface area contributed by atoms with Crippen LogP contribution in [0.2, 0.25) is 0 Å². The molecule has 4 heteroatoms. The van der Waals surface area contributed by atoms with Crippen molar-refractivity contribution in [2.75, 3.05) is 6.26 Å². The van der Waals surface area contributed by atoms with Gasteiger partial charge in [0, 0.05) is 11.1 Å². The zero-order chi connectivity index (χ0) is 11.0. The Kier molecular flexibility index (Phi) is 3.07. The van der Waals surface area contributed by atoms with Crippen molar-refractivity contribution in [1.82, 2.24) is 0 Å². The number of thiophene rings is 1. The van der Waals surface area contributed by atoms with E-state index in [0.29, 0.717) is 4.21 Å². The summed E-state index contributed by atoms with van der Waals surface area (Å²) >= 11 is 1.38. The molecule has 0 radical (unpaired) electrons. The molecule has 0 atom stereocenters. The molecule has 0 unspecified atom stereocenters. The minimum absolute atomic E-state index is 0.208. The van der Waals surface area contributed by atoms with Gasteiger partial charge in [-0.05, 0) is 24.0 Å². The van der Waals surface area contributed by atoms with Crippen molar-refractivity contribution in [3.05, 3.63) is 17.0 Å². The van der Waals surface area contributed by atoms with E-state index < -0.39 is 9.84 Å². The molecule has 0 N–H and O–H groups in total. The fraction of sp³-hybridized carbons (Fsp3) is 0.600. The molecule has 0 saturated heterocycles. The van der Waals surface area contributed by atoms with Crippen LogP contribution in [0.15, 0.2) is 16.3 Å². The molecule has 0 aliphatic heterocycles. The van der Waals surface area contributed by atoms with Gasteiger partial charge in [-0.3, -0.25) is 0 Å². The monoisotopic (exact) mass is 232 g/mol. The highest BCUT2D eigenvalue weighted by molar-refractivity contribution is 7.92. The van der Waals surface area contributed by atoms with E-state index in [2.05, 4.69) is 20.8 Å². The molecule has 1 heterocycles. The van der Waals surface area contributed by atoms with Crippen LogP contribution in [0.5, 0.6) is 0 Å². The van der Waals surface area contributed by atoms with Crippen LogP contribution in [0.3, 0.4) is 0 Å². The van der Waals surface area contributed by atoms with E-state index in [0.717, 1.165) is 11.3 Å². The summed E-state index contributed by atoms with van der Waals surface area (Å²) in [5.74, 6) is 0. The first kappa shape index (κ1) is 11.7. The van der Waals surface area contributed by atoms with Crippen molar-refractivity contribution in [2.24, 2.45) is 5.41 Å². The summed E-state index contributed by atoms with van der Waals surface area (Å²) < 4.78 is 22.9. The highest BCUT2D eigenvalue weighted by Gasteiger charge is 2.15. The molecule has 0 amide bonds. The molecule has 2 nitrogen and oxygen atoms in total. The molecular weight excluding hydrogens is 216 g/mol. The minimum atomic E-state index is -3.02. The molecule has 0 aliphatic rings. The van der Waals surface area contributed by atoms with Gasteiger partial charge in [0.15, 0.2) is 9.84 Å². The third-order valence-corrected chi connectivity index (χ3v) is 4.61. The maximum absolute atomic E-state index is 11.2. The van der Waals surface area contributed by atoms with Crippen LogP contribution in [-0.4, -0.2) is 14.7 Å². The first-order valence-corrected chi connectivity index (χ1v) is 7.18. The summed E-state index contributed by atoms with van der Waals surface area (Å²) in [6, 6.07) is 3.60. The first-order valence-electron chi connectivity index (χ1n) is 4.47. The van der Waals surface area contributed by atoms with Gasteiger partial charge in [0.2, 0.25) is 0 Å². The van der Waals surface area contributed by atoms with Gasteiger partial charge in [-0.2, -0.15) is 0 Å². The van der Waals surface area contributed by atoms with E-state index in [9.17, 15) is 8.42 Å². The molecule has 0 aromatic carbocycles. The summed E-state index contributed by atoms with van der Waals surface area (Å²) in [6.45, 7) is 6.44. The van der Waals surface area contributed by atoms with Crippen molar-refractivity contribution in [3.8, 4) is 0 Å². The lowest BCUT2D eigenvalue weighted by Gasteiger charge is -2.16. The van der Waals surface area contributed by atoms with E-state index in [1.807, 2.05) is 6.07 Å². The fourth-order valence-corrected chi connectivity index (χ4v) is 3.45. The molecule has 0 fully saturated rings. The lowest BCUT2D eigenvalue weighted by atomic mass is 9.92. The molecule has 14 heavy (non-hydrogen) atoms. The Labute approximate surface area is 89.9 Å². The molecule has 1 aromatic rings. The molecule has 80 valence electrons. The number of hydrogen-bond donors (Lipinski definition) is 0. The Morgan fingerprint density at radius 2 is 1.86 bits per heavy atom. The van der Waals surface area contributed by atoms with E-state index in [4.69, 9.17) is 0 Å². The smallest absolute Gasteiger partial charge is 0.184 e. The quantitative estimate of drug-likeness (QED) is 0.785. The highest BCUT2D eigenvalue weighted by Crippen LogP contribution is 2.28. The lowest BCUT2D eigenvalue weighted by Crippen LogP contribution is -2.07. The Morgan fingerprint density at radius 3 is 2.21 bits per heavy atom. The maximum Gasteiger partial charge on any atom is 0.184 e. The van der Waals surface area contributed by atoms with Gasteiger partial charge in [-0.25, -0.2) is 8.42 Å². The van der Waals surface area contributed by atoms with Gasteiger partial charge in [-0.1, -0.05) is 20.8 Å². The molecule has 0 saturated carbocycles. The van der Waals surface area contributed by atoms with Gasteiger partial charge in [0.05, 0.1) is 0 Å². The normalized spacial score (nSPS) is 13.1. The first-order chi connectivity index (χ1) is 6.18. The van der Waals surface area contributed by atoms with Gasteiger partial charge in [-0.15, -0.1) is 11.3 Å². The predicted octanol–water partition coefficient (Wildman–Crippen LogP) is 2.74. The molecule has 0 aliphatic carbocycles. The van der Waals surface area contributed by atoms with E-state index in [-0.39, 0.29) is 5.41 Å². The van der Waals surface area contributed by atoms with Crippen LogP contribution in [0.4, 0.5) is 0 Å². The Hall–Kier alpha value is -0.350. The van der Waals surface area contributed by atoms with Crippen molar-refractivity contribution in [3.63, 3.8) is 0 Å². The van der Waals surface area contributed by atoms with Gasteiger partial charge in [0.25, 0.3) is 0 Å². The second-order valence-corrected chi connectivity index (χ2v) is 8.14. The number of sulfone groups is 1. The van der Waals surface area contributed by atoms with Crippen molar-refractivity contribution < 1.29 is 8.42 Å². The molecular formula is C10H16O2S2. The summed E-state index contributed by atoms with van der Waals surface area (Å²) in [5.41, 5.74) is 0.208. The lowest BCUT2D eigenvalue weighted by molar-refractivity contribution is 0.414. The molecule has 0 bridgehead atoms. The molecule has 1 rings (SSSR count). The average Bonchev–Trinajstić information content (AvgIpc) is 2.29. The highest BCUT2D eigenvalue weighted by atomic mass is 32.2. The van der Waals surface area contributed by atoms with E-state index in [1.54, 1.807) is 6.07 Å². The number of rotatable bonds is 2. The van der Waals surface area contributed by atoms with Gasteiger partial charge in [0.1, 0.15) is 4.21 Å². The molecule has 0 spiro atoms.